The summed E-state index contributed by atoms with van der Waals surface area (Å²) in [6.07, 6.45) is 6.31. The van der Waals surface area contributed by atoms with Crippen molar-refractivity contribution in [2.24, 2.45) is 5.92 Å². The van der Waals surface area contributed by atoms with E-state index in [9.17, 15) is 9.18 Å². The second kappa shape index (κ2) is 6.18. The Hall–Kier alpha value is -1.36. The first kappa shape index (κ1) is 14.6. The Morgan fingerprint density at radius 3 is 2.62 bits per heavy atom. The molecule has 1 aromatic heterocycles. The Kier molecular flexibility index (Phi) is 4.29. The standard InChI is InChI=1S/C15H19ClFN3O/c16-11-8-13(17)14(18-9-11)20-6-4-12(5-7-20)19-15(21)10-2-1-3-10/h8-10,12H,1-7H2,(H,19,21). The molecule has 3 rings (SSSR count). The minimum absolute atomic E-state index is 0.190. The predicted octanol–water partition coefficient (Wildman–Crippen LogP) is 2.76. The molecule has 1 N–H and O–H groups in total. The molecule has 1 saturated carbocycles. The molecule has 1 aromatic rings. The van der Waals surface area contributed by atoms with Gasteiger partial charge in [0.05, 0.1) is 5.02 Å². The van der Waals surface area contributed by atoms with Gasteiger partial charge in [0.1, 0.15) is 0 Å². The van der Waals surface area contributed by atoms with Gasteiger partial charge in [-0.1, -0.05) is 18.0 Å². The van der Waals surface area contributed by atoms with Crippen LogP contribution in [0.5, 0.6) is 0 Å². The van der Waals surface area contributed by atoms with Crippen molar-refractivity contribution in [3.8, 4) is 0 Å². The molecule has 0 atom stereocenters. The highest BCUT2D eigenvalue weighted by molar-refractivity contribution is 6.30. The molecule has 4 nitrogen and oxygen atoms in total. The van der Waals surface area contributed by atoms with E-state index >= 15 is 0 Å². The number of hydrogen-bond donors (Lipinski definition) is 1. The second-order valence-corrected chi connectivity index (χ2v) is 6.29. The normalized spacial score (nSPS) is 20.2. The van der Waals surface area contributed by atoms with Gasteiger partial charge in [-0.25, -0.2) is 9.37 Å². The van der Waals surface area contributed by atoms with Gasteiger partial charge in [0.25, 0.3) is 0 Å². The SMILES string of the molecule is O=C(NC1CCN(c2ncc(Cl)cc2F)CC1)C1CCC1. The summed E-state index contributed by atoms with van der Waals surface area (Å²) in [5, 5.41) is 3.42. The van der Waals surface area contributed by atoms with Gasteiger partial charge in [-0.2, -0.15) is 0 Å². The van der Waals surface area contributed by atoms with E-state index in [2.05, 4.69) is 10.3 Å². The molecule has 21 heavy (non-hydrogen) atoms. The van der Waals surface area contributed by atoms with Gasteiger partial charge in [-0.05, 0) is 31.7 Å². The first-order valence-electron chi connectivity index (χ1n) is 7.50. The third-order valence-electron chi connectivity index (χ3n) is 4.41. The van der Waals surface area contributed by atoms with E-state index in [4.69, 9.17) is 11.6 Å². The van der Waals surface area contributed by atoms with Gasteiger partial charge >= 0.3 is 0 Å². The second-order valence-electron chi connectivity index (χ2n) is 5.86. The number of nitrogens with zero attached hydrogens (tertiary/aromatic N) is 2. The summed E-state index contributed by atoms with van der Waals surface area (Å²) in [6, 6.07) is 1.48. The first-order chi connectivity index (χ1) is 10.1. The van der Waals surface area contributed by atoms with Crippen LogP contribution in [0.4, 0.5) is 10.2 Å². The molecular weight excluding hydrogens is 293 g/mol. The molecule has 1 amide bonds. The van der Waals surface area contributed by atoms with Crippen molar-refractivity contribution < 1.29 is 9.18 Å². The lowest BCUT2D eigenvalue weighted by Gasteiger charge is -2.34. The van der Waals surface area contributed by atoms with Gasteiger partial charge in [0.15, 0.2) is 11.6 Å². The molecule has 0 bridgehead atoms. The van der Waals surface area contributed by atoms with Crippen LogP contribution in [0.1, 0.15) is 32.1 Å². The number of rotatable bonds is 3. The monoisotopic (exact) mass is 311 g/mol. The molecule has 2 fully saturated rings. The van der Waals surface area contributed by atoms with Crippen molar-refractivity contribution in [3.05, 3.63) is 23.1 Å². The van der Waals surface area contributed by atoms with Crippen molar-refractivity contribution in [2.75, 3.05) is 18.0 Å². The summed E-state index contributed by atoms with van der Waals surface area (Å²) in [6.45, 7) is 1.39. The molecule has 0 aromatic carbocycles. The zero-order chi connectivity index (χ0) is 14.8. The average Bonchev–Trinajstić information content (AvgIpc) is 2.38. The van der Waals surface area contributed by atoms with E-state index in [1.165, 1.54) is 12.3 Å². The summed E-state index contributed by atoms with van der Waals surface area (Å²) < 4.78 is 13.8. The predicted molar refractivity (Wildman–Crippen MR) is 79.9 cm³/mol. The third-order valence-corrected chi connectivity index (χ3v) is 4.61. The lowest BCUT2D eigenvalue weighted by Crippen LogP contribution is -2.47. The molecule has 0 spiro atoms. The fraction of sp³-hybridized carbons (Fsp3) is 0.600. The first-order valence-corrected chi connectivity index (χ1v) is 7.87. The Morgan fingerprint density at radius 2 is 2.05 bits per heavy atom. The molecule has 114 valence electrons. The summed E-state index contributed by atoms with van der Waals surface area (Å²) >= 11 is 5.72. The number of aromatic nitrogens is 1. The molecular formula is C15H19ClFN3O. The van der Waals surface area contributed by atoms with Crippen molar-refractivity contribution in [1.82, 2.24) is 10.3 Å². The molecule has 0 unspecified atom stereocenters. The van der Waals surface area contributed by atoms with Crippen LogP contribution >= 0.6 is 11.6 Å². The number of halogens is 2. The van der Waals surface area contributed by atoms with Crippen molar-refractivity contribution in [1.29, 1.82) is 0 Å². The summed E-state index contributed by atoms with van der Waals surface area (Å²) in [7, 11) is 0. The minimum atomic E-state index is -0.389. The molecule has 1 saturated heterocycles. The summed E-state index contributed by atoms with van der Waals surface area (Å²) in [4.78, 5) is 17.9. The Bertz CT molecular complexity index is 528. The van der Waals surface area contributed by atoms with Crippen LogP contribution in [0.3, 0.4) is 0 Å². The Balaban J connectivity index is 1.53. The number of nitrogens with one attached hydrogen (secondary N) is 1. The largest absolute Gasteiger partial charge is 0.354 e. The quantitative estimate of drug-likeness (QED) is 0.933. The number of amides is 1. The topological polar surface area (TPSA) is 45.2 Å². The van der Waals surface area contributed by atoms with E-state index in [0.717, 1.165) is 32.1 Å². The smallest absolute Gasteiger partial charge is 0.223 e. The third kappa shape index (κ3) is 3.28. The molecule has 1 aliphatic carbocycles. The van der Waals surface area contributed by atoms with E-state index in [1.54, 1.807) is 0 Å². The maximum Gasteiger partial charge on any atom is 0.223 e. The molecule has 0 radical (unpaired) electrons. The maximum absolute atomic E-state index is 13.8. The highest BCUT2D eigenvalue weighted by Crippen LogP contribution is 2.27. The zero-order valence-corrected chi connectivity index (χ0v) is 12.6. The van der Waals surface area contributed by atoms with Crippen LogP contribution in [-0.4, -0.2) is 30.0 Å². The fourth-order valence-corrected chi connectivity index (χ4v) is 3.01. The highest BCUT2D eigenvalue weighted by atomic mass is 35.5. The van der Waals surface area contributed by atoms with E-state index < -0.39 is 0 Å². The van der Waals surface area contributed by atoms with Gasteiger partial charge in [-0.15, -0.1) is 0 Å². The average molecular weight is 312 g/mol. The zero-order valence-electron chi connectivity index (χ0n) is 11.8. The van der Waals surface area contributed by atoms with Gasteiger partial charge in [0.2, 0.25) is 5.91 Å². The van der Waals surface area contributed by atoms with E-state index in [1.807, 2.05) is 4.90 Å². The molecule has 2 heterocycles. The van der Waals surface area contributed by atoms with Gasteiger partial charge in [-0.3, -0.25) is 4.79 Å². The minimum Gasteiger partial charge on any atom is -0.354 e. The van der Waals surface area contributed by atoms with Crippen molar-refractivity contribution in [2.45, 2.75) is 38.1 Å². The number of pyridine rings is 1. The fourth-order valence-electron chi connectivity index (χ4n) is 2.87. The summed E-state index contributed by atoms with van der Waals surface area (Å²) in [5.41, 5.74) is 0. The molecule has 1 aliphatic heterocycles. The Labute approximate surface area is 128 Å². The molecule has 2 aliphatic rings. The van der Waals surface area contributed by atoms with E-state index in [-0.39, 0.29) is 23.7 Å². The van der Waals surface area contributed by atoms with Crippen LogP contribution in [0.15, 0.2) is 12.3 Å². The van der Waals surface area contributed by atoms with Gasteiger partial charge in [0, 0.05) is 31.2 Å². The Morgan fingerprint density at radius 1 is 1.33 bits per heavy atom. The lowest BCUT2D eigenvalue weighted by atomic mass is 9.84. The van der Waals surface area contributed by atoms with Crippen LogP contribution in [0.25, 0.3) is 0 Å². The van der Waals surface area contributed by atoms with Gasteiger partial charge < -0.3 is 10.2 Å². The highest BCUT2D eigenvalue weighted by Gasteiger charge is 2.29. The van der Waals surface area contributed by atoms with Crippen LogP contribution in [-0.2, 0) is 4.79 Å². The van der Waals surface area contributed by atoms with Crippen molar-refractivity contribution in [3.63, 3.8) is 0 Å². The van der Waals surface area contributed by atoms with Crippen LogP contribution in [0, 0.1) is 11.7 Å². The number of anilines is 1. The van der Waals surface area contributed by atoms with E-state index in [0.29, 0.717) is 23.9 Å². The van der Waals surface area contributed by atoms with Crippen LogP contribution < -0.4 is 10.2 Å². The molecule has 6 heteroatoms. The number of hydrogen-bond acceptors (Lipinski definition) is 3. The maximum atomic E-state index is 13.8. The van der Waals surface area contributed by atoms with Crippen LogP contribution in [0.2, 0.25) is 5.02 Å². The number of carbonyl (C=O) groups is 1. The van der Waals surface area contributed by atoms with Crippen molar-refractivity contribution >= 4 is 23.3 Å². The number of carbonyl (C=O) groups excluding carboxylic acids is 1. The summed E-state index contributed by atoms with van der Waals surface area (Å²) in [5.74, 6) is 0.372. The number of piperidine rings is 1. The lowest BCUT2D eigenvalue weighted by molar-refractivity contribution is -0.128.